The van der Waals surface area contributed by atoms with E-state index in [0.29, 0.717) is 5.95 Å². The Hall–Kier alpha value is -6.55. The maximum absolute atomic E-state index is 11.9. The highest BCUT2D eigenvalue weighted by atomic mass is 79.9. The van der Waals surface area contributed by atoms with Gasteiger partial charge in [0.05, 0.1) is 24.9 Å². The second kappa shape index (κ2) is 35.7. The molecule has 0 saturated carbocycles. The lowest BCUT2D eigenvalue weighted by molar-refractivity contribution is -0.154. The number of aromatic nitrogens is 12. The quantitative estimate of drug-likeness (QED) is 0.0604. The van der Waals surface area contributed by atoms with Crippen molar-refractivity contribution in [1.29, 1.82) is 5.26 Å². The summed E-state index contributed by atoms with van der Waals surface area (Å²) in [6.45, 7) is 20.2. The number of aliphatic hydroxyl groups is 4. The van der Waals surface area contributed by atoms with E-state index in [-0.39, 0.29) is 72.6 Å². The van der Waals surface area contributed by atoms with E-state index in [4.69, 9.17) is 56.4 Å². The Labute approximate surface area is 454 Å². The van der Waals surface area contributed by atoms with Crippen LogP contribution in [0.15, 0.2) is 39.7 Å². The molecule has 7 heterocycles. The molecule has 12 atom stereocenters. The molecule has 3 fully saturated rings. The Bertz CT molecular complexity index is 2590. The molecule has 4 unspecified atom stereocenters. The molecule has 77 heavy (non-hydrogen) atoms. The van der Waals surface area contributed by atoms with Gasteiger partial charge in [0, 0.05) is 39.7 Å². The van der Waals surface area contributed by atoms with E-state index >= 15 is 0 Å². The number of aliphatic hydroxyl groups excluding tert-OH is 4. The molecule has 3 aliphatic heterocycles. The highest BCUT2D eigenvalue weighted by Gasteiger charge is 2.46. The third-order valence-corrected chi connectivity index (χ3v) is 11.8. The predicted octanol–water partition coefficient (Wildman–Crippen LogP) is 0.122. The summed E-state index contributed by atoms with van der Waals surface area (Å²) in [5.74, 6) is 0.804. The number of carbonyl (C=O) groups excluding carboxylic acids is 2. The number of anilines is 4. The number of aryl methyl sites for hydroxylation is 1. The Morgan fingerprint density at radius 3 is 1.64 bits per heavy atom. The molecule has 4 aromatic rings. The van der Waals surface area contributed by atoms with Crippen molar-refractivity contribution in [2.24, 2.45) is 11.8 Å². The fourth-order valence-electron chi connectivity index (χ4n) is 6.80. The van der Waals surface area contributed by atoms with Gasteiger partial charge in [0.2, 0.25) is 23.8 Å². The molecule has 15 N–H and O–H groups in total. The van der Waals surface area contributed by atoms with Gasteiger partial charge in [-0.2, -0.15) is 25.2 Å². The summed E-state index contributed by atoms with van der Waals surface area (Å²) in [4.78, 5) is 94.1. The minimum absolute atomic E-state index is 0. The normalized spacial score (nSPS) is 24.4. The maximum atomic E-state index is 11.9. The summed E-state index contributed by atoms with van der Waals surface area (Å²) in [6.07, 6.45) is 0.572. The number of rotatable bonds is 9. The standard InChI is InChI=1S/C12H18N4O4.C9H15BrO3.C8H12N4O5.C7H14N4Si.C3H4N4O.C2H3N.CH4O.CH4.H3N/c1-4-8-6(2)9(19-7(3)17)10(20-8)16-5-14-11(13)15-12(16)18;1-4-7-5(2)8(9(10)13-7)12-6(3)11;9-7-10-2-12(8(16)11-7)6-5(15)4(14)3(1-13)17-6;1-6-8-5-9-7(10-6)11-12(2,3)4;4-2-5-1-6-3(8)7-2;1-2-3;1-2;;/h5-6,8-10H,4H2,1-3H3,(H2,13,15,18);5,7-9H,4H2,1-3H3;2-6,13-15H,1H2,(H2,9,11,16);5H,1-4H3,(H,8,9,10,11);1H,(H3,4,5,6,7,8);1H3;2H,1H3;1H4;1H3/t6-,8+,9?,10+;5-,7+,8?,9?;3-,4+,5?,6-;;;;;;/m001....../s1. The van der Waals surface area contributed by atoms with Crippen LogP contribution in [-0.2, 0) is 33.3 Å². The molecular formula is C43H77BrN18O14Si. The van der Waals surface area contributed by atoms with Crippen molar-refractivity contribution in [2.45, 2.75) is 155 Å². The van der Waals surface area contributed by atoms with E-state index in [0.717, 1.165) is 43.0 Å². The number of halogens is 1. The van der Waals surface area contributed by atoms with Crippen LogP contribution in [0.5, 0.6) is 0 Å². The van der Waals surface area contributed by atoms with Crippen molar-refractivity contribution in [3.63, 3.8) is 0 Å². The Morgan fingerprint density at radius 1 is 0.792 bits per heavy atom. The van der Waals surface area contributed by atoms with E-state index in [1.807, 2.05) is 27.7 Å². The van der Waals surface area contributed by atoms with Crippen molar-refractivity contribution in [3.8, 4) is 6.07 Å². The minimum Gasteiger partial charge on any atom is -0.458 e. The van der Waals surface area contributed by atoms with Crippen LogP contribution in [0.3, 0.4) is 0 Å². The Balaban J connectivity index is 0. The topological polar surface area (TPSA) is 503 Å². The first-order valence-corrected chi connectivity index (χ1v) is 27.3. The molecule has 0 aromatic carbocycles. The zero-order valence-electron chi connectivity index (χ0n) is 44.4. The number of hydrogen-bond acceptors (Lipinski definition) is 29. The average molecular weight is 1180 g/mol. The SMILES string of the molecule is C.CC#N.CC[C@H]1OC(Br)C(OC(C)=O)[C@H]1C.CC[C@H]1O[C@@H](n2cnc(N)nc2=O)C(OC(C)=O)[C@H]1C.CO.Cc1ncnc(N[Si](C)(C)C)n1.N.Nc1ncn([C@@H]2O[C@H](CO)[C@H](O)C2O)c(=O)n1.Nc1ncnc(=O)[nH]1. The van der Waals surface area contributed by atoms with Crippen molar-refractivity contribution in [2.75, 3.05) is 35.9 Å². The molecule has 4 aromatic heterocycles. The van der Waals surface area contributed by atoms with E-state index in [2.05, 4.69) is 97.3 Å². The van der Waals surface area contributed by atoms with Crippen LogP contribution in [0.25, 0.3) is 0 Å². The van der Waals surface area contributed by atoms with Gasteiger partial charge in [-0.15, -0.1) is 0 Å². The van der Waals surface area contributed by atoms with E-state index < -0.39 is 74.8 Å². The maximum Gasteiger partial charge on any atom is 0.354 e. The van der Waals surface area contributed by atoms with Gasteiger partial charge in [-0.3, -0.25) is 23.7 Å². The highest BCUT2D eigenvalue weighted by Crippen LogP contribution is 2.37. The molecule has 3 aliphatic rings. The molecule has 0 bridgehead atoms. The molecule has 0 radical (unpaired) electrons. The minimum atomic E-state index is -1.35. The lowest BCUT2D eigenvalue weighted by Crippen LogP contribution is -2.36. The van der Waals surface area contributed by atoms with Crippen LogP contribution in [0.2, 0.25) is 19.6 Å². The largest absolute Gasteiger partial charge is 0.458 e. The van der Waals surface area contributed by atoms with Crippen LogP contribution in [0.4, 0.5) is 23.8 Å². The molecule has 7 rings (SSSR count). The number of esters is 2. The van der Waals surface area contributed by atoms with Gasteiger partial charge in [-0.05, 0) is 19.8 Å². The van der Waals surface area contributed by atoms with Gasteiger partial charge in [-0.1, -0.05) is 70.7 Å². The number of H-pyrrole nitrogens is 1. The lowest BCUT2D eigenvalue weighted by atomic mass is 9.98. The number of ether oxygens (including phenoxy) is 5. The third-order valence-electron chi connectivity index (χ3n) is 10.1. The summed E-state index contributed by atoms with van der Waals surface area (Å²) in [5.41, 5.74) is 13.8. The smallest absolute Gasteiger partial charge is 0.354 e. The van der Waals surface area contributed by atoms with Crippen LogP contribution >= 0.6 is 15.9 Å². The summed E-state index contributed by atoms with van der Waals surface area (Å²) in [6, 6.07) is 1.75. The zero-order chi connectivity index (χ0) is 57.3. The van der Waals surface area contributed by atoms with Gasteiger partial charge in [0.15, 0.2) is 18.6 Å². The van der Waals surface area contributed by atoms with Crippen molar-refractivity contribution >= 4 is 59.9 Å². The number of hydrogen-bond donors (Lipinski definition) is 10. The average Bonchev–Trinajstić information content (AvgIpc) is 3.90. The molecule has 32 nitrogen and oxygen atoms in total. The molecule has 0 aliphatic carbocycles. The first-order chi connectivity index (χ1) is 35.2. The van der Waals surface area contributed by atoms with Gasteiger partial charge >= 0.3 is 29.0 Å². The Morgan fingerprint density at radius 2 is 1.25 bits per heavy atom. The summed E-state index contributed by atoms with van der Waals surface area (Å²) < 4.78 is 29.1. The molecule has 0 amide bonds. The van der Waals surface area contributed by atoms with E-state index in [1.54, 1.807) is 6.07 Å². The Kier molecular flexibility index (Phi) is 33.6. The lowest BCUT2D eigenvalue weighted by Gasteiger charge is -2.21. The number of nitrogen functional groups attached to an aromatic ring is 3. The molecule has 3 saturated heterocycles. The predicted molar refractivity (Wildman–Crippen MR) is 286 cm³/mol. The number of alkyl halides is 1. The summed E-state index contributed by atoms with van der Waals surface area (Å²) >= 11 is 3.36. The van der Waals surface area contributed by atoms with E-state index in [1.165, 1.54) is 38.0 Å². The van der Waals surface area contributed by atoms with Gasteiger partial charge in [0.25, 0.3) is 0 Å². The summed E-state index contributed by atoms with van der Waals surface area (Å²) in [7, 11) is -0.324. The van der Waals surface area contributed by atoms with Crippen LogP contribution in [0, 0.1) is 30.1 Å². The molecule has 0 spiro atoms. The first-order valence-electron chi connectivity index (χ1n) is 22.9. The number of nitrogens with one attached hydrogen (secondary N) is 2. The number of nitrogens with two attached hydrogens (primary N) is 3. The van der Waals surface area contributed by atoms with Crippen molar-refractivity contribution in [3.05, 3.63) is 62.6 Å². The van der Waals surface area contributed by atoms with Gasteiger partial charge < -0.3 is 72.4 Å². The highest BCUT2D eigenvalue weighted by molar-refractivity contribution is 9.09. The van der Waals surface area contributed by atoms with E-state index in [9.17, 15) is 34.2 Å². The number of nitriles is 1. The second-order valence-electron chi connectivity index (χ2n) is 17.0. The van der Waals surface area contributed by atoms with Gasteiger partial charge in [-0.25, -0.2) is 39.3 Å². The third kappa shape index (κ3) is 24.1. The fourth-order valence-corrected chi connectivity index (χ4v) is 8.46. The van der Waals surface area contributed by atoms with Crippen molar-refractivity contribution < 1.29 is 53.7 Å². The van der Waals surface area contributed by atoms with Crippen molar-refractivity contribution in [1.82, 2.24) is 65.1 Å². The molecular weight excluding hydrogens is 1100 g/mol. The summed E-state index contributed by atoms with van der Waals surface area (Å²) in [5, 5.41) is 42.3. The number of aromatic amines is 1. The molecule has 34 heteroatoms. The van der Waals surface area contributed by atoms with Gasteiger partial charge in [0.1, 0.15) is 68.8 Å². The van der Waals surface area contributed by atoms with Crippen LogP contribution in [-0.4, -0.2) is 161 Å². The zero-order valence-corrected chi connectivity index (χ0v) is 47.0. The monoisotopic (exact) mass is 1180 g/mol. The number of carbonyl (C=O) groups is 2. The molecule has 434 valence electrons. The second-order valence-corrected chi connectivity index (χ2v) is 22.6. The number of nitrogens with zero attached hydrogens (tertiary/aromatic N) is 12. The van der Waals surface area contributed by atoms with Crippen LogP contribution < -0.4 is 45.4 Å². The first kappa shape index (κ1) is 72.5. The van der Waals surface area contributed by atoms with Crippen LogP contribution in [0.1, 0.15) is 87.0 Å². The fraction of sp³-hybridized carbons (Fsp3) is 0.651.